The van der Waals surface area contributed by atoms with Gasteiger partial charge in [-0.15, -0.1) is 0 Å². The lowest BCUT2D eigenvalue weighted by molar-refractivity contribution is 0.0168. The lowest BCUT2D eigenvalue weighted by atomic mass is 9.82. The van der Waals surface area contributed by atoms with Crippen LogP contribution in [0.25, 0.3) is 0 Å². The van der Waals surface area contributed by atoms with Gasteiger partial charge in [-0.25, -0.2) is 0 Å². The maximum Gasteiger partial charge on any atom is 0.125 e. The summed E-state index contributed by atoms with van der Waals surface area (Å²) in [7, 11) is 1.70. The molecule has 0 bridgehead atoms. The third-order valence-corrected chi connectivity index (χ3v) is 4.88. The van der Waals surface area contributed by atoms with Crippen LogP contribution in [0.15, 0.2) is 12.1 Å². The summed E-state index contributed by atoms with van der Waals surface area (Å²) in [5.41, 5.74) is 2.64. The van der Waals surface area contributed by atoms with Gasteiger partial charge in [-0.1, -0.05) is 25.8 Å². The first kappa shape index (κ1) is 15.4. The van der Waals surface area contributed by atoms with E-state index in [0.717, 1.165) is 48.5 Å². The summed E-state index contributed by atoms with van der Waals surface area (Å²) in [5, 5.41) is 11.2. The first-order valence-electron chi connectivity index (χ1n) is 7.88. The third kappa shape index (κ3) is 3.01. The molecule has 20 heavy (non-hydrogen) atoms. The molecule has 0 aliphatic heterocycles. The molecule has 2 unspecified atom stereocenters. The van der Waals surface area contributed by atoms with E-state index in [1.807, 2.05) is 6.07 Å². The molecule has 1 aliphatic rings. The van der Waals surface area contributed by atoms with Crippen molar-refractivity contribution in [2.75, 3.05) is 7.11 Å². The molecule has 1 aliphatic carbocycles. The van der Waals surface area contributed by atoms with Gasteiger partial charge in [0.1, 0.15) is 5.75 Å². The van der Waals surface area contributed by atoms with Crippen LogP contribution in [0.3, 0.4) is 0 Å². The topological polar surface area (TPSA) is 29.5 Å². The van der Waals surface area contributed by atoms with Crippen molar-refractivity contribution in [3.8, 4) is 5.75 Å². The molecule has 1 fully saturated rings. The van der Waals surface area contributed by atoms with Gasteiger partial charge in [-0.3, -0.25) is 0 Å². The minimum atomic E-state index is -0.715. The second-order valence-electron chi connectivity index (χ2n) is 6.40. The average Bonchev–Trinajstić information content (AvgIpc) is 2.59. The summed E-state index contributed by atoms with van der Waals surface area (Å²) in [6, 6.07) is 4.19. The normalized spacial score (nSPS) is 27.1. The molecule has 1 aromatic carbocycles. The Kier molecular flexibility index (Phi) is 4.74. The molecule has 1 N–H and O–H groups in total. The first-order chi connectivity index (χ1) is 9.50. The molecule has 0 heterocycles. The Balaban J connectivity index is 2.38. The van der Waals surface area contributed by atoms with Gasteiger partial charge in [-0.05, 0) is 62.6 Å². The van der Waals surface area contributed by atoms with Crippen LogP contribution < -0.4 is 4.74 Å². The standard InChI is InChI=1S/C18H28O2/c1-5-15-7-6-9-18(19,10-8-15)17-14(3)11-13(2)12-16(17)20-4/h11-12,15,19H,5-10H2,1-4H3. The fraction of sp³-hybridized carbons (Fsp3) is 0.667. The second kappa shape index (κ2) is 6.17. The lowest BCUT2D eigenvalue weighted by Gasteiger charge is -2.31. The van der Waals surface area contributed by atoms with Crippen LogP contribution in [0, 0.1) is 19.8 Å². The number of ether oxygens (including phenoxy) is 1. The first-order valence-corrected chi connectivity index (χ1v) is 7.88. The number of aryl methyl sites for hydroxylation is 2. The van der Waals surface area contributed by atoms with Crippen molar-refractivity contribution in [1.82, 2.24) is 0 Å². The van der Waals surface area contributed by atoms with Crippen molar-refractivity contribution in [1.29, 1.82) is 0 Å². The largest absolute Gasteiger partial charge is 0.496 e. The van der Waals surface area contributed by atoms with Crippen molar-refractivity contribution >= 4 is 0 Å². The molecule has 0 aromatic heterocycles. The zero-order valence-electron chi connectivity index (χ0n) is 13.3. The van der Waals surface area contributed by atoms with Crippen LogP contribution >= 0.6 is 0 Å². The predicted octanol–water partition coefficient (Wildman–Crippen LogP) is 4.49. The van der Waals surface area contributed by atoms with Crippen molar-refractivity contribution in [3.05, 3.63) is 28.8 Å². The number of aliphatic hydroxyl groups is 1. The number of benzene rings is 1. The van der Waals surface area contributed by atoms with Crippen molar-refractivity contribution in [2.24, 2.45) is 5.92 Å². The Labute approximate surface area is 123 Å². The van der Waals surface area contributed by atoms with Crippen LogP contribution in [0.2, 0.25) is 0 Å². The van der Waals surface area contributed by atoms with Gasteiger partial charge >= 0.3 is 0 Å². The van der Waals surface area contributed by atoms with E-state index >= 15 is 0 Å². The smallest absolute Gasteiger partial charge is 0.125 e. The number of hydrogen-bond donors (Lipinski definition) is 1. The number of rotatable bonds is 3. The minimum absolute atomic E-state index is 0.715. The van der Waals surface area contributed by atoms with Crippen LogP contribution in [0.4, 0.5) is 0 Å². The van der Waals surface area contributed by atoms with E-state index in [1.54, 1.807) is 7.11 Å². The highest BCUT2D eigenvalue weighted by atomic mass is 16.5. The van der Waals surface area contributed by atoms with Gasteiger partial charge in [0.05, 0.1) is 12.7 Å². The monoisotopic (exact) mass is 276 g/mol. The molecule has 0 radical (unpaired) electrons. The Bertz CT molecular complexity index is 467. The van der Waals surface area contributed by atoms with E-state index < -0.39 is 5.60 Å². The Hall–Kier alpha value is -1.02. The van der Waals surface area contributed by atoms with E-state index in [1.165, 1.54) is 18.4 Å². The zero-order valence-corrected chi connectivity index (χ0v) is 13.3. The summed E-state index contributed by atoms with van der Waals surface area (Å²) >= 11 is 0. The summed E-state index contributed by atoms with van der Waals surface area (Å²) in [4.78, 5) is 0. The molecule has 2 atom stereocenters. The highest BCUT2D eigenvalue weighted by Gasteiger charge is 2.35. The highest BCUT2D eigenvalue weighted by Crippen LogP contribution is 2.43. The van der Waals surface area contributed by atoms with Crippen LogP contribution in [0.5, 0.6) is 5.75 Å². The SMILES string of the molecule is CCC1CCCC(O)(c2c(C)cc(C)cc2OC)CC1. The summed E-state index contributed by atoms with van der Waals surface area (Å²) < 4.78 is 5.56. The second-order valence-corrected chi connectivity index (χ2v) is 6.40. The van der Waals surface area contributed by atoms with Crippen molar-refractivity contribution in [3.63, 3.8) is 0 Å². The molecule has 2 heteroatoms. The molecule has 112 valence electrons. The Morgan fingerprint density at radius 2 is 2.00 bits per heavy atom. The number of methoxy groups -OCH3 is 1. The van der Waals surface area contributed by atoms with E-state index in [-0.39, 0.29) is 0 Å². The maximum atomic E-state index is 11.2. The molecule has 1 aromatic rings. The molecule has 2 nitrogen and oxygen atoms in total. The molecule has 0 saturated heterocycles. The van der Waals surface area contributed by atoms with Gasteiger partial charge in [0, 0.05) is 5.56 Å². The maximum absolute atomic E-state index is 11.2. The highest BCUT2D eigenvalue weighted by molar-refractivity contribution is 5.46. The van der Waals surface area contributed by atoms with Crippen molar-refractivity contribution < 1.29 is 9.84 Å². The molecule has 1 saturated carbocycles. The van der Waals surface area contributed by atoms with E-state index in [9.17, 15) is 5.11 Å². The zero-order chi connectivity index (χ0) is 14.8. The summed E-state index contributed by atoms with van der Waals surface area (Å²) in [6.07, 6.45) is 6.39. The molecular weight excluding hydrogens is 248 g/mol. The molecule has 2 rings (SSSR count). The summed E-state index contributed by atoms with van der Waals surface area (Å²) in [5.74, 6) is 1.61. The van der Waals surface area contributed by atoms with Gasteiger partial charge in [0.15, 0.2) is 0 Å². The molecule has 0 spiro atoms. The number of hydrogen-bond acceptors (Lipinski definition) is 2. The predicted molar refractivity (Wildman–Crippen MR) is 83.2 cm³/mol. The quantitative estimate of drug-likeness (QED) is 0.824. The van der Waals surface area contributed by atoms with E-state index in [2.05, 4.69) is 26.8 Å². The lowest BCUT2D eigenvalue weighted by Crippen LogP contribution is -2.27. The van der Waals surface area contributed by atoms with Gasteiger partial charge in [0.2, 0.25) is 0 Å². The van der Waals surface area contributed by atoms with Gasteiger partial charge in [-0.2, -0.15) is 0 Å². The third-order valence-electron chi connectivity index (χ3n) is 4.88. The molecule has 0 amide bonds. The average molecular weight is 276 g/mol. The fourth-order valence-corrected chi connectivity index (χ4v) is 3.74. The van der Waals surface area contributed by atoms with E-state index in [4.69, 9.17) is 4.74 Å². The Morgan fingerprint density at radius 3 is 2.65 bits per heavy atom. The van der Waals surface area contributed by atoms with Crippen LogP contribution in [0.1, 0.15) is 62.1 Å². The summed E-state index contributed by atoms with van der Waals surface area (Å²) in [6.45, 7) is 6.42. The van der Waals surface area contributed by atoms with Crippen LogP contribution in [-0.2, 0) is 5.60 Å². The minimum Gasteiger partial charge on any atom is -0.496 e. The Morgan fingerprint density at radius 1 is 1.25 bits per heavy atom. The molecular formula is C18H28O2. The van der Waals surface area contributed by atoms with Gasteiger partial charge < -0.3 is 9.84 Å². The van der Waals surface area contributed by atoms with E-state index in [0.29, 0.717) is 0 Å². The van der Waals surface area contributed by atoms with Crippen LogP contribution in [-0.4, -0.2) is 12.2 Å². The fourth-order valence-electron chi connectivity index (χ4n) is 3.74. The van der Waals surface area contributed by atoms with Crippen molar-refractivity contribution in [2.45, 2.75) is 64.9 Å². The van der Waals surface area contributed by atoms with Gasteiger partial charge in [0.25, 0.3) is 0 Å².